The minimum atomic E-state index is -0.722. The third kappa shape index (κ3) is 16.6. The number of carbonyl (C=O) groups excluding carboxylic acids is 3. The van der Waals surface area contributed by atoms with Gasteiger partial charge in [-0.3, -0.25) is 4.79 Å². The molecule has 0 aromatic heterocycles. The zero-order chi connectivity index (χ0) is 28.6. The Kier molecular flexibility index (Phi) is 20.1. The lowest BCUT2D eigenvalue weighted by Gasteiger charge is -2.11. The maximum Gasteiger partial charge on any atom is 0.334 e. The van der Waals surface area contributed by atoms with Gasteiger partial charge in [0.25, 0.3) is 0 Å². The fourth-order valence-corrected chi connectivity index (χ4v) is 4.24. The Morgan fingerprint density at radius 3 is 1.77 bits per heavy atom. The summed E-state index contributed by atoms with van der Waals surface area (Å²) in [6.07, 6.45) is 18.0. The highest BCUT2D eigenvalue weighted by Crippen LogP contribution is 2.20. The van der Waals surface area contributed by atoms with E-state index in [1.165, 1.54) is 78.3 Å². The highest BCUT2D eigenvalue weighted by atomic mass is 16.5. The molecule has 0 spiro atoms. The van der Waals surface area contributed by atoms with E-state index in [2.05, 4.69) is 29.0 Å². The molecule has 0 radical (unpaired) electrons. The quantitative estimate of drug-likeness (QED) is 0.0509. The van der Waals surface area contributed by atoms with Crippen LogP contribution in [-0.2, 0) is 39.9 Å². The number of benzene rings is 1. The number of methoxy groups -OCH3 is 3. The number of allylic oxidation sites excluding steroid dienone is 2. The SMILES string of the molecule is COC(=O)CC(C(=O)OC)=C(CCCC=CCCCCCCCCCCCOCc1ccccc1)C(=O)OC. The Labute approximate surface area is 234 Å². The first-order valence-corrected chi connectivity index (χ1v) is 14.3. The molecular formula is C32H48O7. The molecule has 0 aliphatic heterocycles. The van der Waals surface area contributed by atoms with Crippen molar-refractivity contribution in [3.05, 3.63) is 59.2 Å². The largest absolute Gasteiger partial charge is 0.469 e. The lowest BCUT2D eigenvalue weighted by molar-refractivity contribution is -0.143. The summed E-state index contributed by atoms with van der Waals surface area (Å²) in [6.45, 7) is 1.55. The summed E-state index contributed by atoms with van der Waals surface area (Å²) in [5.74, 6) is -1.96. The normalized spacial score (nSPS) is 11.8. The van der Waals surface area contributed by atoms with Crippen LogP contribution in [0.15, 0.2) is 53.6 Å². The molecule has 0 saturated carbocycles. The van der Waals surface area contributed by atoms with Gasteiger partial charge in [-0.1, -0.05) is 87.4 Å². The number of carbonyl (C=O) groups is 3. The molecule has 39 heavy (non-hydrogen) atoms. The van der Waals surface area contributed by atoms with Crippen LogP contribution < -0.4 is 0 Å². The van der Waals surface area contributed by atoms with Crippen LogP contribution in [0.25, 0.3) is 0 Å². The van der Waals surface area contributed by atoms with Crippen molar-refractivity contribution in [2.24, 2.45) is 0 Å². The zero-order valence-electron chi connectivity index (χ0n) is 24.2. The number of hydrogen-bond acceptors (Lipinski definition) is 7. The number of hydrogen-bond donors (Lipinski definition) is 0. The van der Waals surface area contributed by atoms with Gasteiger partial charge in [-0.25, -0.2) is 9.59 Å². The second-order valence-electron chi connectivity index (χ2n) is 9.57. The molecule has 0 saturated heterocycles. The molecule has 1 rings (SSSR count). The van der Waals surface area contributed by atoms with Crippen LogP contribution in [0.5, 0.6) is 0 Å². The van der Waals surface area contributed by atoms with Gasteiger partial charge in [-0.05, 0) is 44.1 Å². The maximum absolute atomic E-state index is 12.2. The van der Waals surface area contributed by atoms with Gasteiger partial charge in [-0.2, -0.15) is 0 Å². The Balaban J connectivity index is 2.09. The Morgan fingerprint density at radius 1 is 0.641 bits per heavy atom. The first-order valence-electron chi connectivity index (χ1n) is 14.3. The van der Waals surface area contributed by atoms with Crippen molar-refractivity contribution in [1.29, 1.82) is 0 Å². The molecule has 0 aliphatic carbocycles. The fraction of sp³-hybridized carbons (Fsp3) is 0.594. The van der Waals surface area contributed by atoms with Crippen molar-refractivity contribution in [3.8, 4) is 0 Å². The van der Waals surface area contributed by atoms with Crippen molar-refractivity contribution in [2.75, 3.05) is 27.9 Å². The average Bonchev–Trinajstić information content (AvgIpc) is 2.97. The molecule has 0 fully saturated rings. The molecule has 0 atom stereocenters. The maximum atomic E-state index is 12.2. The van der Waals surface area contributed by atoms with Gasteiger partial charge in [0.05, 0.1) is 39.9 Å². The van der Waals surface area contributed by atoms with E-state index in [0.717, 1.165) is 25.9 Å². The second kappa shape index (κ2) is 23.0. The lowest BCUT2D eigenvalue weighted by atomic mass is 9.99. The number of rotatable bonds is 22. The van der Waals surface area contributed by atoms with E-state index in [1.807, 2.05) is 18.2 Å². The fourth-order valence-electron chi connectivity index (χ4n) is 4.24. The van der Waals surface area contributed by atoms with Gasteiger partial charge in [0.2, 0.25) is 0 Å². The monoisotopic (exact) mass is 544 g/mol. The summed E-state index contributed by atoms with van der Waals surface area (Å²) >= 11 is 0. The van der Waals surface area contributed by atoms with Gasteiger partial charge >= 0.3 is 17.9 Å². The van der Waals surface area contributed by atoms with Crippen molar-refractivity contribution in [2.45, 2.75) is 96.5 Å². The van der Waals surface area contributed by atoms with Crippen LogP contribution in [-0.4, -0.2) is 45.8 Å². The van der Waals surface area contributed by atoms with Crippen LogP contribution >= 0.6 is 0 Å². The third-order valence-corrected chi connectivity index (χ3v) is 6.51. The highest BCUT2D eigenvalue weighted by Gasteiger charge is 2.24. The summed E-state index contributed by atoms with van der Waals surface area (Å²) in [5, 5.41) is 0. The average molecular weight is 545 g/mol. The van der Waals surface area contributed by atoms with Gasteiger partial charge < -0.3 is 18.9 Å². The molecule has 0 bridgehead atoms. The predicted octanol–water partition coefficient (Wildman–Crippen LogP) is 7.04. The molecule has 1 aromatic rings. The minimum Gasteiger partial charge on any atom is -0.469 e. The van der Waals surface area contributed by atoms with Gasteiger partial charge in [-0.15, -0.1) is 0 Å². The van der Waals surface area contributed by atoms with Crippen molar-refractivity contribution in [1.82, 2.24) is 0 Å². The van der Waals surface area contributed by atoms with Crippen LogP contribution in [0.2, 0.25) is 0 Å². The standard InChI is InChI=1S/C32H48O7/c1-36-30(33)25-29(32(35)38-3)28(31(34)37-2)23-19-14-12-10-8-6-4-5-7-9-11-13-15-20-24-39-26-27-21-17-16-18-22-27/h10,12,16-18,21-22H,4-9,11,13-15,19-20,23-26H2,1-3H3. The molecule has 0 heterocycles. The highest BCUT2D eigenvalue weighted by molar-refractivity contribution is 6.03. The molecule has 0 unspecified atom stereocenters. The van der Waals surface area contributed by atoms with E-state index in [4.69, 9.17) is 14.2 Å². The predicted molar refractivity (Wildman–Crippen MR) is 153 cm³/mol. The van der Waals surface area contributed by atoms with Gasteiger partial charge in [0.1, 0.15) is 0 Å². The van der Waals surface area contributed by atoms with Gasteiger partial charge in [0, 0.05) is 12.2 Å². The molecule has 0 N–H and O–H groups in total. The minimum absolute atomic E-state index is 0.00645. The van der Waals surface area contributed by atoms with Crippen molar-refractivity contribution >= 4 is 17.9 Å². The van der Waals surface area contributed by atoms with E-state index < -0.39 is 17.9 Å². The summed E-state index contributed by atoms with van der Waals surface area (Å²) in [6, 6.07) is 10.3. The van der Waals surface area contributed by atoms with Crippen LogP contribution in [0.4, 0.5) is 0 Å². The van der Waals surface area contributed by atoms with E-state index in [1.54, 1.807) is 0 Å². The van der Waals surface area contributed by atoms with E-state index in [0.29, 0.717) is 19.4 Å². The van der Waals surface area contributed by atoms with Crippen molar-refractivity contribution in [3.63, 3.8) is 0 Å². The number of ether oxygens (including phenoxy) is 4. The van der Waals surface area contributed by atoms with Crippen LogP contribution in [0, 0.1) is 0 Å². The third-order valence-electron chi connectivity index (χ3n) is 6.51. The number of unbranched alkanes of at least 4 members (excludes halogenated alkanes) is 10. The molecule has 1 aromatic carbocycles. The van der Waals surface area contributed by atoms with E-state index in [9.17, 15) is 14.4 Å². The molecule has 7 nitrogen and oxygen atoms in total. The summed E-state index contributed by atoms with van der Waals surface area (Å²) in [4.78, 5) is 36.1. The Morgan fingerprint density at radius 2 is 1.18 bits per heavy atom. The molecule has 218 valence electrons. The summed E-state index contributed by atoms with van der Waals surface area (Å²) in [7, 11) is 3.69. The summed E-state index contributed by atoms with van der Waals surface area (Å²) in [5.41, 5.74) is 1.40. The summed E-state index contributed by atoms with van der Waals surface area (Å²) < 4.78 is 20.0. The first kappa shape index (κ1) is 34.1. The van der Waals surface area contributed by atoms with Crippen LogP contribution in [0.3, 0.4) is 0 Å². The topological polar surface area (TPSA) is 88.1 Å². The molecule has 0 amide bonds. The Bertz CT molecular complexity index is 874. The Hall–Kier alpha value is -2.93. The molecule has 7 heteroatoms. The zero-order valence-corrected chi connectivity index (χ0v) is 24.2. The van der Waals surface area contributed by atoms with Gasteiger partial charge in [0.15, 0.2) is 0 Å². The first-order chi connectivity index (χ1) is 19.0. The van der Waals surface area contributed by atoms with Crippen LogP contribution in [0.1, 0.15) is 95.5 Å². The second-order valence-corrected chi connectivity index (χ2v) is 9.57. The van der Waals surface area contributed by atoms with E-state index >= 15 is 0 Å². The molecule has 0 aliphatic rings. The lowest BCUT2D eigenvalue weighted by Crippen LogP contribution is -2.18. The smallest absolute Gasteiger partial charge is 0.334 e. The number of esters is 3. The molecular weight excluding hydrogens is 496 g/mol. The van der Waals surface area contributed by atoms with Crippen molar-refractivity contribution < 1.29 is 33.3 Å². The van der Waals surface area contributed by atoms with E-state index in [-0.39, 0.29) is 17.6 Å².